The molecule has 0 spiro atoms. The van der Waals surface area contributed by atoms with Gasteiger partial charge in [0.1, 0.15) is 6.04 Å². The van der Waals surface area contributed by atoms with Crippen molar-refractivity contribution in [2.24, 2.45) is 10.4 Å². The Balaban J connectivity index is 2.16. The first-order valence-electron chi connectivity index (χ1n) is 15.4. The average molecular weight is 650 g/mol. The number of ether oxygens (including phenoxy) is 4. The van der Waals surface area contributed by atoms with Gasteiger partial charge in [0, 0.05) is 28.1 Å². The fourth-order valence-corrected chi connectivity index (χ4v) is 4.97. The Morgan fingerprint density at radius 1 is 0.696 bits per heavy atom. The molecule has 0 aliphatic carbocycles. The summed E-state index contributed by atoms with van der Waals surface area (Å²) >= 11 is 6.11. The fraction of sp³-hybridized carbons (Fsp3) is 0.361. The minimum absolute atomic E-state index is 0.0157. The van der Waals surface area contributed by atoms with Crippen LogP contribution in [-0.2, 0) is 28.5 Å². The quantitative estimate of drug-likeness (QED) is 0.0374. The molecule has 244 valence electrons. The van der Waals surface area contributed by atoms with Crippen molar-refractivity contribution >= 4 is 41.2 Å². The molecule has 10 heteroatoms. The van der Waals surface area contributed by atoms with Crippen LogP contribution in [0.3, 0.4) is 0 Å². The molecule has 0 aliphatic heterocycles. The molecule has 0 amide bonds. The number of carbonyl (C=O) groups excluding carboxylic acids is 4. The van der Waals surface area contributed by atoms with E-state index in [2.05, 4.69) is 0 Å². The van der Waals surface area contributed by atoms with E-state index in [9.17, 15) is 19.2 Å². The molecule has 3 rings (SSSR count). The van der Waals surface area contributed by atoms with Gasteiger partial charge in [-0.15, -0.1) is 0 Å². The minimum atomic E-state index is -1.95. The van der Waals surface area contributed by atoms with E-state index < -0.39 is 35.3 Å². The van der Waals surface area contributed by atoms with E-state index in [0.29, 0.717) is 22.7 Å². The van der Waals surface area contributed by atoms with Gasteiger partial charge in [-0.25, -0.2) is 4.79 Å². The van der Waals surface area contributed by atoms with Crippen LogP contribution in [0.5, 0.6) is 0 Å². The van der Waals surface area contributed by atoms with Crippen molar-refractivity contribution in [2.75, 3.05) is 26.4 Å². The van der Waals surface area contributed by atoms with Gasteiger partial charge in [0.25, 0.3) is 0 Å². The summed E-state index contributed by atoms with van der Waals surface area (Å²) in [6.45, 7) is 5.13. The maximum atomic E-state index is 14.3. The fourth-order valence-electron chi connectivity index (χ4n) is 4.85. The predicted octanol–water partition coefficient (Wildman–Crippen LogP) is 7.28. The Morgan fingerprint density at radius 3 is 1.72 bits per heavy atom. The van der Waals surface area contributed by atoms with Crippen LogP contribution in [0, 0.1) is 5.41 Å². The summed E-state index contributed by atoms with van der Waals surface area (Å²) in [6.07, 6.45) is -0.654. The molecule has 0 N–H and O–H groups in total. The molecule has 46 heavy (non-hydrogen) atoms. The van der Waals surface area contributed by atoms with E-state index in [1.807, 2.05) is 67.6 Å². The second-order valence-electron chi connectivity index (χ2n) is 10.4. The number of carbonyl (C=O) groups is 4. The molecule has 0 fully saturated rings. The first-order valence-corrected chi connectivity index (χ1v) is 15.8. The van der Waals surface area contributed by atoms with Gasteiger partial charge in [-0.2, -0.15) is 0 Å². The zero-order valence-corrected chi connectivity index (χ0v) is 27.2. The zero-order chi connectivity index (χ0) is 33.4. The maximum Gasteiger partial charge on any atom is 0.508 e. The summed E-state index contributed by atoms with van der Waals surface area (Å²) in [4.78, 5) is 58.8. The number of esters is 2. The Bertz CT molecular complexity index is 1400. The number of halogens is 1. The van der Waals surface area contributed by atoms with Gasteiger partial charge in [0.05, 0.1) is 32.1 Å². The number of ketones is 1. The van der Waals surface area contributed by atoms with Crippen LogP contribution >= 0.6 is 11.6 Å². The van der Waals surface area contributed by atoms with Crippen LogP contribution in [0.1, 0.15) is 67.9 Å². The third-order valence-corrected chi connectivity index (χ3v) is 7.33. The molecule has 3 aromatic carbocycles. The van der Waals surface area contributed by atoms with Gasteiger partial charge >= 0.3 is 18.1 Å². The molecule has 0 saturated carbocycles. The van der Waals surface area contributed by atoms with Crippen molar-refractivity contribution in [2.45, 2.75) is 52.5 Å². The third-order valence-electron chi connectivity index (χ3n) is 7.08. The lowest BCUT2D eigenvalue weighted by molar-refractivity contribution is -0.173. The van der Waals surface area contributed by atoms with E-state index in [1.165, 1.54) is 0 Å². The van der Waals surface area contributed by atoms with E-state index in [1.54, 1.807) is 38.1 Å². The molecule has 3 aromatic rings. The Kier molecular flexibility index (Phi) is 14.4. The van der Waals surface area contributed by atoms with Crippen molar-refractivity contribution < 1.29 is 38.1 Å². The van der Waals surface area contributed by atoms with Crippen LogP contribution in [0.4, 0.5) is 4.79 Å². The van der Waals surface area contributed by atoms with Crippen molar-refractivity contribution in [1.82, 2.24) is 0 Å². The summed E-state index contributed by atoms with van der Waals surface area (Å²) in [7, 11) is 0. The number of benzene rings is 3. The molecule has 1 unspecified atom stereocenters. The van der Waals surface area contributed by atoms with Gasteiger partial charge in [-0.05, 0) is 57.4 Å². The molecule has 0 heterocycles. The minimum Gasteiger partial charge on any atom is -0.465 e. The van der Waals surface area contributed by atoms with E-state index in [-0.39, 0.29) is 45.7 Å². The predicted molar refractivity (Wildman–Crippen MR) is 175 cm³/mol. The van der Waals surface area contributed by atoms with Gasteiger partial charge in [0.2, 0.25) is 0 Å². The summed E-state index contributed by atoms with van der Waals surface area (Å²) in [6, 6.07) is 23.7. The number of aliphatic imine (C=N–C) groups is 1. The van der Waals surface area contributed by atoms with Crippen molar-refractivity contribution in [1.29, 1.82) is 0 Å². The van der Waals surface area contributed by atoms with Gasteiger partial charge in [-0.3, -0.25) is 19.4 Å². The summed E-state index contributed by atoms with van der Waals surface area (Å²) in [5.41, 5.74) is 0.315. The zero-order valence-electron chi connectivity index (χ0n) is 26.4. The SMILES string of the molecule is CCCOC(=O)OCCCC(CC(N=C(c1ccccc1)c1ccccc1)C(=O)c1ccc(Cl)cc1)(C(=O)OCC)C(=O)OCC. The second-order valence-corrected chi connectivity index (χ2v) is 10.8. The smallest absolute Gasteiger partial charge is 0.465 e. The summed E-state index contributed by atoms with van der Waals surface area (Å²) in [5, 5.41) is 0.440. The Morgan fingerprint density at radius 2 is 1.22 bits per heavy atom. The largest absolute Gasteiger partial charge is 0.508 e. The number of rotatable bonds is 17. The Labute approximate surface area is 274 Å². The Hall–Kier alpha value is -4.50. The first-order chi connectivity index (χ1) is 22.2. The van der Waals surface area contributed by atoms with Crippen molar-refractivity contribution in [3.05, 3.63) is 107 Å². The monoisotopic (exact) mass is 649 g/mol. The number of hydrogen-bond acceptors (Lipinski definition) is 9. The molecular formula is C36H40ClNO8. The summed E-state index contributed by atoms with van der Waals surface area (Å²) in [5.74, 6) is -2.14. The van der Waals surface area contributed by atoms with Gasteiger partial charge in [-0.1, -0.05) is 79.2 Å². The highest BCUT2D eigenvalue weighted by atomic mass is 35.5. The van der Waals surface area contributed by atoms with Gasteiger partial charge in [0.15, 0.2) is 11.2 Å². The third kappa shape index (κ3) is 10.0. The average Bonchev–Trinajstić information content (AvgIpc) is 3.07. The summed E-state index contributed by atoms with van der Waals surface area (Å²) < 4.78 is 21.0. The highest BCUT2D eigenvalue weighted by molar-refractivity contribution is 6.30. The lowest BCUT2D eigenvalue weighted by atomic mass is 9.76. The maximum absolute atomic E-state index is 14.3. The van der Waals surface area contributed by atoms with Crippen LogP contribution < -0.4 is 0 Å². The van der Waals surface area contributed by atoms with E-state index in [0.717, 1.165) is 11.1 Å². The molecule has 0 saturated heterocycles. The molecule has 0 aromatic heterocycles. The normalized spacial score (nSPS) is 11.6. The van der Waals surface area contributed by atoms with Crippen molar-refractivity contribution in [3.63, 3.8) is 0 Å². The highest BCUT2D eigenvalue weighted by Crippen LogP contribution is 2.36. The van der Waals surface area contributed by atoms with E-state index >= 15 is 0 Å². The second kappa shape index (κ2) is 18.5. The first kappa shape index (κ1) is 36.0. The number of hydrogen-bond donors (Lipinski definition) is 0. The molecule has 0 aliphatic rings. The lowest BCUT2D eigenvalue weighted by Crippen LogP contribution is -2.46. The van der Waals surface area contributed by atoms with Gasteiger partial charge < -0.3 is 18.9 Å². The molecule has 1 atom stereocenters. The molecular weight excluding hydrogens is 610 g/mol. The topological polar surface area (TPSA) is 118 Å². The molecule has 0 radical (unpaired) electrons. The number of Topliss-reactive ketones (excluding diaryl/α,β-unsaturated/α-hetero) is 1. The van der Waals surface area contributed by atoms with Crippen LogP contribution in [0.2, 0.25) is 5.02 Å². The molecule has 9 nitrogen and oxygen atoms in total. The number of nitrogens with zero attached hydrogens (tertiary/aromatic N) is 1. The lowest BCUT2D eigenvalue weighted by Gasteiger charge is -2.31. The standard InChI is InChI=1S/C36H40ClNO8/c1-4-23-45-35(42)46-24-13-22-36(33(40)43-5-2,34(41)44-6-3)25-30(32(39)28-18-20-29(37)21-19-28)38-31(26-14-9-7-10-15-26)27-16-11-8-12-17-27/h7-12,14-21,30H,4-6,13,22-25H2,1-3H3. The highest BCUT2D eigenvalue weighted by Gasteiger charge is 2.51. The van der Waals surface area contributed by atoms with E-state index in [4.69, 9.17) is 35.5 Å². The molecule has 0 bridgehead atoms. The van der Waals surface area contributed by atoms with Crippen LogP contribution in [0.15, 0.2) is 89.9 Å². The van der Waals surface area contributed by atoms with Crippen molar-refractivity contribution in [3.8, 4) is 0 Å². The van der Waals surface area contributed by atoms with Crippen LogP contribution in [0.25, 0.3) is 0 Å². The van der Waals surface area contributed by atoms with Crippen LogP contribution in [-0.4, -0.2) is 62.1 Å².